The number of pyridine rings is 1. The largest absolute Gasteiger partial charge is 0.488 e. The van der Waals surface area contributed by atoms with Crippen molar-refractivity contribution in [2.45, 2.75) is 26.0 Å². The molecule has 1 unspecified atom stereocenters. The van der Waals surface area contributed by atoms with Crippen molar-refractivity contribution in [3.63, 3.8) is 0 Å². The van der Waals surface area contributed by atoms with Crippen LogP contribution in [0.25, 0.3) is 0 Å². The van der Waals surface area contributed by atoms with Crippen molar-refractivity contribution in [2.24, 2.45) is 0 Å². The van der Waals surface area contributed by atoms with E-state index in [1.54, 1.807) is 0 Å². The number of hydrogen-bond acceptors (Lipinski definition) is 3. The minimum Gasteiger partial charge on any atom is -0.423 e. The van der Waals surface area contributed by atoms with Gasteiger partial charge in [0.15, 0.2) is 0 Å². The summed E-state index contributed by atoms with van der Waals surface area (Å²) in [6, 6.07) is -2.14. The van der Waals surface area contributed by atoms with Crippen molar-refractivity contribution >= 4 is 12.6 Å². The summed E-state index contributed by atoms with van der Waals surface area (Å²) >= 11 is 0. The molecule has 4 heteroatoms. The van der Waals surface area contributed by atoms with Gasteiger partial charge >= 0.3 is 7.12 Å². The Morgan fingerprint density at radius 3 is 3.38 bits per heavy atom. The van der Waals surface area contributed by atoms with Crippen molar-refractivity contribution in [3.8, 4) is 0 Å². The van der Waals surface area contributed by atoms with Crippen LogP contribution in [0.5, 0.6) is 0 Å². The summed E-state index contributed by atoms with van der Waals surface area (Å²) in [5.74, 6) is -3.64. The highest BCUT2D eigenvalue weighted by Gasteiger charge is 2.13. The Morgan fingerprint density at radius 1 is 1.92 bits per heavy atom. The Labute approximate surface area is 95.5 Å². The molecule has 70 valence electrons. The highest BCUT2D eigenvalue weighted by atomic mass is 16.4. The first-order valence-corrected chi connectivity index (χ1v) is 3.25. The van der Waals surface area contributed by atoms with Gasteiger partial charge in [-0.3, -0.25) is 4.98 Å². The minimum atomic E-state index is -3.75. The van der Waals surface area contributed by atoms with E-state index in [0.717, 1.165) is 0 Å². The molecule has 1 aromatic rings. The first-order valence-electron chi connectivity index (χ1n) is 9.25. The second-order valence-corrected chi connectivity index (χ2v) is 2.11. The molecule has 1 rings (SSSR count). The van der Waals surface area contributed by atoms with Crippen LogP contribution in [-0.2, 0) is 0 Å². The lowest BCUT2D eigenvalue weighted by molar-refractivity contribution is 0.425. The molecule has 0 fully saturated rings. The molecule has 13 heavy (non-hydrogen) atoms. The first-order chi connectivity index (χ1) is 10.9. The summed E-state index contributed by atoms with van der Waals surface area (Å²) < 4.78 is 90.5. The maximum Gasteiger partial charge on any atom is 0.488 e. The van der Waals surface area contributed by atoms with Crippen LogP contribution in [0, 0.1) is 0 Å². The summed E-state index contributed by atoms with van der Waals surface area (Å²) in [5, 5.41) is 18.5. The van der Waals surface area contributed by atoms with Crippen molar-refractivity contribution in [1.29, 1.82) is 0 Å². The molecule has 0 bridgehead atoms. The van der Waals surface area contributed by atoms with Gasteiger partial charge in [-0.25, -0.2) is 0 Å². The van der Waals surface area contributed by atoms with Crippen LogP contribution < -0.4 is 5.46 Å². The lowest BCUT2D eigenvalue weighted by Gasteiger charge is -2.08. The summed E-state index contributed by atoms with van der Waals surface area (Å²) in [7, 11) is -2.51. The van der Waals surface area contributed by atoms with Crippen LogP contribution in [0.4, 0.5) is 0 Å². The van der Waals surface area contributed by atoms with Crippen molar-refractivity contribution in [3.05, 3.63) is 24.0 Å². The summed E-state index contributed by atoms with van der Waals surface area (Å²) in [6.45, 7) is -7.27. The molecule has 2 N–H and O–H groups in total. The SMILES string of the molecule is [2H]c1nc(C([2H])(C([2H])([2H])[2H])C([2H])([2H])C([2H])([2H])[2H])c([2H])c(B(O)O)c1[2H]. The number of nitrogens with zero attached hydrogens (tertiary/aromatic N) is 1. The third-order valence-electron chi connectivity index (χ3n) is 1.23. The summed E-state index contributed by atoms with van der Waals surface area (Å²) in [5.41, 5.74) is -2.27. The highest BCUT2D eigenvalue weighted by molar-refractivity contribution is 6.58. The second kappa shape index (κ2) is 4.39. The molecule has 0 saturated carbocycles. The lowest BCUT2D eigenvalue weighted by atomic mass is 9.80. The smallest absolute Gasteiger partial charge is 0.423 e. The van der Waals surface area contributed by atoms with Gasteiger partial charge in [0.1, 0.15) is 0 Å². The average Bonchev–Trinajstić information content (AvgIpc) is 2.39. The Morgan fingerprint density at radius 2 is 2.77 bits per heavy atom. The fourth-order valence-electron chi connectivity index (χ4n) is 0.638. The summed E-state index contributed by atoms with van der Waals surface area (Å²) in [4.78, 5) is 3.27. The third-order valence-corrected chi connectivity index (χ3v) is 1.23. The fraction of sp³-hybridized carbons (Fsp3) is 0.444. The van der Waals surface area contributed by atoms with Gasteiger partial charge in [-0.05, 0) is 29.8 Å². The topological polar surface area (TPSA) is 53.4 Å². The van der Waals surface area contributed by atoms with Crippen molar-refractivity contribution in [1.82, 2.24) is 4.98 Å². The van der Waals surface area contributed by atoms with Crippen LogP contribution in [0.2, 0.25) is 0 Å². The van der Waals surface area contributed by atoms with E-state index in [1.165, 1.54) is 0 Å². The molecule has 3 nitrogen and oxygen atoms in total. The Kier molecular flexibility index (Phi) is 0.873. The molecule has 0 aliphatic heterocycles. The van der Waals surface area contributed by atoms with E-state index in [2.05, 4.69) is 4.98 Å². The van der Waals surface area contributed by atoms with Gasteiger partial charge in [0.05, 0.1) is 4.11 Å². The number of rotatable bonds is 3. The van der Waals surface area contributed by atoms with E-state index in [-0.39, 0.29) is 0 Å². The van der Waals surface area contributed by atoms with Gasteiger partial charge in [0, 0.05) is 24.2 Å². The van der Waals surface area contributed by atoms with Crippen LogP contribution >= 0.6 is 0 Å². The van der Waals surface area contributed by atoms with E-state index >= 15 is 0 Å². The Hall–Kier alpha value is -0.865. The average molecular weight is 191 g/mol. The van der Waals surface area contributed by atoms with Gasteiger partial charge in [-0.1, -0.05) is 13.7 Å². The third kappa shape index (κ3) is 2.54. The first kappa shape index (κ1) is 2.58. The van der Waals surface area contributed by atoms with Crippen LogP contribution in [0.15, 0.2) is 18.3 Å². The molecule has 0 saturated heterocycles. The molecule has 0 aliphatic carbocycles. The van der Waals surface area contributed by atoms with Gasteiger partial charge in [0.25, 0.3) is 0 Å². The molecule has 1 heterocycles. The van der Waals surface area contributed by atoms with Crippen molar-refractivity contribution in [2.75, 3.05) is 0 Å². The molecule has 0 aromatic carbocycles. The van der Waals surface area contributed by atoms with E-state index < -0.39 is 62.5 Å². The molecule has 0 amide bonds. The fourth-order valence-corrected chi connectivity index (χ4v) is 0.638. The zero-order valence-electron chi connectivity index (χ0n) is 18.4. The molecule has 0 radical (unpaired) electrons. The highest BCUT2D eigenvalue weighted by Crippen LogP contribution is 2.13. The number of aromatic nitrogens is 1. The second-order valence-electron chi connectivity index (χ2n) is 2.11. The van der Waals surface area contributed by atoms with Gasteiger partial charge < -0.3 is 10.0 Å². The quantitative estimate of drug-likeness (QED) is 0.674. The number of hydrogen-bond donors (Lipinski definition) is 2. The van der Waals surface area contributed by atoms with Crippen LogP contribution in [0.1, 0.15) is 48.1 Å². The van der Waals surface area contributed by atoms with Gasteiger partial charge in [-0.15, -0.1) is 0 Å². The zero-order chi connectivity index (χ0) is 20.2. The Bertz CT molecular complexity index is 672. The van der Waals surface area contributed by atoms with Crippen LogP contribution in [-0.4, -0.2) is 22.2 Å². The van der Waals surface area contributed by atoms with Gasteiger partial charge in [-0.2, -0.15) is 0 Å². The molecule has 1 atom stereocenters. The van der Waals surface area contributed by atoms with E-state index in [0.29, 0.717) is 0 Å². The van der Waals surface area contributed by atoms with E-state index in [1.807, 2.05) is 0 Å². The standard InChI is InChI=1S/C9H14BNO2/c1-3-7(2)9-6-8(10(12)13)4-5-11-9/h4-7,12-13H,3H2,1-2H3/i1D3,2D3,3D2,4D,5D,6D,7D. The molecule has 1 aromatic heterocycles. The van der Waals surface area contributed by atoms with Crippen LogP contribution in [0.3, 0.4) is 0 Å². The molecular weight excluding hydrogens is 165 g/mol. The Balaban J connectivity index is 4.02. The molecular formula is C9H14BNO2. The predicted molar refractivity (Wildman–Crippen MR) is 52.8 cm³/mol. The van der Waals surface area contributed by atoms with E-state index in [9.17, 15) is 10.0 Å². The van der Waals surface area contributed by atoms with Gasteiger partial charge in [0.2, 0.25) is 0 Å². The minimum absolute atomic E-state index is 0.939. The maximum atomic E-state index is 9.26. The summed E-state index contributed by atoms with van der Waals surface area (Å²) in [6.07, 6.45) is -4.81. The molecule has 0 spiro atoms. The molecule has 0 aliphatic rings. The lowest BCUT2D eigenvalue weighted by Crippen LogP contribution is -2.30. The normalized spacial score (nSPS) is 31.5. The monoisotopic (exact) mass is 191 g/mol. The van der Waals surface area contributed by atoms with Crippen molar-refractivity contribution < 1.29 is 26.5 Å². The maximum absolute atomic E-state index is 9.26. The zero-order valence-corrected chi connectivity index (χ0v) is 6.42. The van der Waals surface area contributed by atoms with E-state index in [4.69, 9.17) is 16.4 Å². The predicted octanol–water partition coefficient (Wildman–Crippen LogP) is 0.275.